The van der Waals surface area contributed by atoms with Crippen molar-refractivity contribution in [3.05, 3.63) is 0 Å². The minimum atomic E-state index is -0.266. The Labute approximate surface area is 231 Å². The Kier molecular flexibility index (Phi) is 14.3. The third kappa shape index (κ3) is 16.5. The second-order valence-electron chi connectivity index (χ2n) is 15.3. The highest BCUT2D eigenvalue weighted by Gasteiger charge is 2.34. The molecule has 4 atom stereocenters. The van der Waals surface area contributed by atoms with Gasteiger partial charge in [-0.2, -0.15) is 0 Å². The van der Waals surface area contributed by atoms with Crippen LogP contribution in [0.25, 0.3) is 0 Å². The third-order valence-corrected chi connectivity index (χ3v) is 8.34. The van der Waals surface area contributed by atoms with Crippen molar-refractivity contribution in [1.29, 1.82) is 0 Å². The second kappa shape index (κ2) is 14.4. The molecule has 6 N–H and O–H groups in total. The molecule has 0 aromatic heterocycles. The SMILES string of the molecule is CC(N)C(C)COC(C)(C)CCC(CC(C)(C)OCC(C)C(C)(C)N)CC(C)(C)OCC(C)C(C)(C)N. The van der Waals surface area contributed by atoms with Crippen molar-refractivity contribution >= 4 is 0 Å². The minimum absolute atomic E-state index is 0.126. The molecule has 0 heterocycles. The molecule has 0 radical (unpaired) electrons. The Morgan fingerprint density at radius 3 is 1.24 bits per heavy atom. The fraction of sp³-hybridized carbons (Fsp3) is 1.00. The van der Waals surface area contributed by atoms with Gasteiger partial charge in [-0.3, -0.25) is 0 Å². The molecule has 0 rings (SSSR count). The van der Waals surface area contributed by atoms with Gasteiger partial charge in [0.05, 0.1) is 36.6 Å². The molecule has 6 heteroatoms. The number of hydrogen-bond donors (Lipinski definition) is 3. The summed E-state index contributed by atoms with van der Waals surface area (Å²) in [6.45, 7) is 31.9. The number of rotatable bonds is 19. The number of hydrogen-bond acceptors (Lipinski definition) is 6. The predicted molar refractivity (Wildman–Crippen MR) is 160 cm³/mol. The summed E-state index contributed by atoms with van der Waals surface area (Å²) in [6.07, 6.45) is 3.90. The lowest BCUT2D eigenvalue weighted by Gasteiger charge is -2.39. The van der Waals surface area contributed by atoms with E-state index in [-0.39, 0.29) is 45.8 Å². The van der Waals surface area contributed by atoms with E-state index in [1.54, 1.807) is 0 Å². The molecule has 4 unspecified atom stereocenters. The summed E-state index contributed by atoms with van der Waals surface area (Å²) < 4.78 is 19.2. The smallest absolute Gasteiger partial charge is 0.0629 e. The van der Waals surface area contributed by atoms with Gasteiger partial charge < -0.3 is 31.4 Å². The molecule has 0 aromatic rings. The fourth-order valence-electron chi connectivity index (χ4n) is 4.05. The van der Waals surface area contributed by atoms with Crippen LogP contribution in [-0.2, 0) is 14.2 Å². The molecule has 0 aliphatic carbocycles. The van der Waals surface area contributed by atoms with E-state index in [4.69, 9.17) is 31.4 Å². The molecule has 0 amide bonds. The second-order valence-corrected chi connectivity index (χ2v) is 15.3. The topological polar surface area (TPSA) is 106 Å². The number of nitrogens with two attached hydrogens (primary N) is 3. The van der Waals surface area contributed by atoms with E-state index < -0.39 is 0 Å². The van der Waals surface area contributed by atoms with Gasteiger partial charge in [0.1, 0.15) is 0 Å². The van der Waals surface area contributed by atoms with Crippen LogP contribution in [0.3, 0.4) is 0 Å². The quantitative estimate of drug-likeness (QED) is 0.182. The van der Waals surface area contributed by atoms with E-state index in [2.05, 4.69) is 90.0 Å². The number of ether oxygens (including phenoxy) is 3. The summed E-state index contributed by atoms with van der Waals surface area (Å²) in [5.41, 5.74) is 17.4. The van der Waals surface area contributed by atoms with E-state index in [9.17, 15) is 0 Å². The van der Waals surface area contributed by atoms with E-state index in [1.165, 1.54) is 0 Å². The molecular formula is C31H67N3O3. The maximum Gasteiger partial charge on any atom is 0.0629 e. The Morgan fingerprint density at radius 2 is 0.919 bits per heavy atom. The summed E-state index contributed by atoms with van der Waals surface area (Å²) in [7, 11) is 0. The summed E-state index contributed by atoms with van der Waals surface area (Å²) in [4.78, 5) is 0. The van der Waals surface area contributed by atoms with Crippen molar-refractivity contribution in [2.75, 3.05) is 19.8 Å². The Balaban J connectivity index is 5.43. The van der Waals surface area contributed by atoms with Crippen molar-refractivity contribution in [2.24, 2.45) is 40.9 Å². The third-order valence-electron chi connectivity index (χ3n) is 8.34. The molecular weight excluding hydrogens is 462 g/mol. The first-order valence-electron chi connectivity index (χ1n) is 14.6. The van der Waals surface area contributed by atoms with Crippen molar-refractivity contribution in [2.45, 2.75) is 157 Å². The van der Waals surface area contributed by atoms with Crippen molar-refractivity contribution in [3.8, 4) is 0 Å². The van der Waals surface area contributed by atoms with Crippen LogP contribution in [-0.4, -0.2) is 53.7 Å². The van der Waals surface area contributed by atoms with Gasteiger partial charge in [-0.05, 0) is 126 Å². The van der Waals surface area contributed by atoms with Crippen LogP contribution >= 0.6 is 0 Å². The highest BCUT2D eigenvalue weighted by molar-refractivity contribution is 4.86. The fourth-order valence-corrected chi connectivity index (χ4v) is 4.05. The van der Waals surface area contributed by atoms with Gasteiger partial charge in [0, 0.05) is 17.1 Å². The lowest BCUT2D eigenvalue weighted by molar-refractivity contribution is -0.0859. The standard InChI is InChI=1S/C31H67N3O3/c1-22(25(4)32)19-35-27(5,6)16-15-26(17-28(7,8)36-20-23(2)30(11,12)33)18-29(9,10)37-21-24(3)31(13,14)34/h22-26H,15-21,32-34H2,1-14H3. The van der Waals surface area contributed by atoms with Crippen LogP contribution in [0.2, 0.25) is 0 Å². The molecule has 0 aromatic carbocycles. The lowest BCUT2D eigenvalue weighted by atomic mass is 9.80. The van der Waals surface area contributed by atoms with E-state index in [1.807, 2.05) is 6.92 Å². The zero-order valence-electron chi connectivity index (χ0n) is 27.3. The summed E-state index contributed by atoms with van der Waals surface area (Å²) in [5, 5.41) is 0. The molecule has 6 nitrogen and oxygen atoms in total. The average molecular weight is 530 g/mol. The van der Waals surface area contributed by atoms with Gasteiger partial charge in [0.25, 0.3) is 0 Å². The molecule has 0 aliphatic rings. The maximum absolute atomic E-state index is 6.46. The molecule has 224 valence electrons. The molecule has 0 bridgehead atoms. The predicted octanol–water partition coefficient (Wildman–Crippen LogP) is 6.28. The van der Waals surface area contributed by atoms with Gasteiger partial charge in [-0.25, -0.2) is 0 Å². The molecule has 0 spiro atoms. The minimum Gasteiger partial charge on any atom is -0.375 e. The van der Waals surface area contributed by atoms with Gasteiger partial charge in [-0.15, -0.1) is 0 Å². The van der Waals surface area contributed by atoms with Gasteiger partial charge in [0.15, 0.2) is 0 Å². The van der Waals surface area contributed by atoms with E-state index in [0.717, 1.165) is 25.7 Å². The normalized spacial score (nSPS) is 18.4. The molecule has 37 heavy (non-hydrogen) atoms. The Morgan fingerprint density at radius 1 is 0.568 bits per heavy atom. The first-order valence-corrected chi connectivity index (χ1v) is 14.6. The molecule has 0 saturated heterocycles. The zero-order valence-corrected chi connectivity index (χ0v) is 27.3. The first kappa shape index (κ1) is 36.8. The maximum atomic E-state index is 6.46. The molecule has 0 aliphatic heterocycles. The van der Waals surface area contributed by atoms with Gasteiger partial charge in [0.2, 0.25) is 0 Å². The largest absolute Gasteiger partial charge is 0.375 e. The Hall–Kier alpha value is -0.240. The first-order chi connectivity index (χ1) is 16.4. The van der Waals surface area contributed by atoms with Crippen LogP contribution in [0.15, 0.2) is 0 Å². The highest BCUT2D eigenvalue weighted by Crippen LogP contribution is 2.35. The van der Waals surface area contributed by atoms with Crippen LogP contribution < -0.4 is 17.2 Å². The molecule has 0 saturated carbocycles. The highest BCUT2D eigenvalue weighted by atomic mass is 16.5. The van der Waals surface area contributed by atoms with Crippen LogP contribution in [0, 0.1) is 23.7 Å². The lowest BCUT2D eigenvalue weighted by Crippen LogP contribution is -2.44. The summed E-state index contributed by atoms with van der Waals surface area (Å²) >= 11 is 0. The van der Waals surface area contributed by atoms with Crippen LogP contribution in [0.1, 0.15) is 123 Å². The van der Waals surface area contributed by atoms with Crippen molar-refractivity contribution in [1.82, 2.24) is 0 Å². The zero-order chi connectivity index (χ0) is 29.5. The monoisotopic (exact) mass is 530 g/mol. The van der Waals surface area contributed by atoms with E-state index in [0.29, 0.717) is 31.7 Å². The average Bonchev–Trinajstić information content (AvgIpc) is 2.70. The van der Waals surface area contributed by atoms with Gasteiger partial charge in [-0.1, -0.05) is 20.8 Å². The van der Waals surface area contributed by atoms with Crippen LogP contribution in [0.5, 0.6) is 0 Å². The Bertz CT molecular complexity index is 595. The van der Waals surface area contributed by atoms with E-state index >= 15 is 0 Å². The van der Waals surface area contributed by atoms with Gasteiger partial charge >= 0.3 is 0 Å². The summed E-state index contributed by atoms with van der Waals surface area (Å²) in [6, 6.07) is 0.126. The summed E-state index contributed by atoms with van der Waals surface area (Å²) in [5.74, 6) is 1.29. The van der Waals surface area contributed by atoms with Crippen molar-refractivity contribution in [3.63, 3.8) is 0 Å². The van der Waals surface area contributed by atoms with Crippen molar-refractivity contribution < 1.29 is 14.2 Å². The molecule has 0 fully saturated rings. The van der Waals surface area contributed by atoms with Crippen LogP contribution in [0.4, 0.5) is 0 Å².